The van der Waals surface area contributed by atoms with E-state index in [9.17, 15) is 9.18 Å². The van der Waals surface area contributed by atoms with Gasteiger partial charge < -0.3 is 10.6 Å². The predicted molar refractivity (Wildman–Crippen MR) is 118 cm³/mol. The number of aromatic nitrogens is 1. The monoisotopic (exact) mass is 392 g/mol. The average Bonchev–Trinajstić information content (AvgIpc) is 2.67. The summed E-state index contributed by atoms with van der Waals surface area (Å²) in [5.74, 6) is -0.478. The van der Waals surface area contributed by atoms with E-state index in [1.54, 1.807) is 43.7 Å². The Bertz CT molecular complexity index is 1030. The summed E-state index contributed by atoms with van der Waals surface area (Å²) >= 11 is 0. The van der Waals surface area contributed by atoms with Crippen molar-refractivity contribution in [2.75, 3.05) is 17.7 Å². The number of anilines is 2. The number of aliphatic imine (C=N–C) groups is 1. The van der Waals surface area contributed by atoms with Crippen LogP contribution in [0.4, 0.5) is 20.6 Å². The lowest BCUT2D eigenvalue weighted by Crippen LogP contribution is -2.20. The normalized spacial score (nSPS) is 10.5. The van der Waals surface area contributed by atoms with Crippen molar-refractivity contribution in [3.05, 3.63) is 77.4 Å². The zero-order valence-electron chi connectivity index (χ0n) is 16.0. The van der Waals surface area contributed by atoms with E-state index < -0.39 is 11.8 Å². The predicted octanol–water partition coefficient (Wildman–Crippen LogP) is 5.83. The van der Waals surface area contributed by atoms with Crippen molar-refractivity contribution in [2.45, 2.75) is 21.3 Å². The van der Waals surface area contributed by atoms with Gasteiger partial charge in [0.05, 0.1) is 5.69 Å². The van der Waals surface area contributed by atoms with Gasteiger partial charge in [-0.1, -0.05) is 25.6 Å². The Labute approximate surface area is 170 Å². The van der Waals surface area contributed by atoms with Crippen LogP contribution in [-0.4, -0.2) is 24.3 Å². The molecule has 0 aliphatic rings. The number of pyridine rings is 1. The van der Waals surface area contributed by atoms with Gasteiger partial charge in [0.15, 0.2) is 0 Å². The minimum Gasteiger partial charge on any atom is -0.308 e. The first-order valence-electron chi connectivity index (χ1n) is 8.80. The lowest BCUT2D eigenvalue weighted by molar-refractivity contribution is 0.262. The number of rotatable bonds is 4. The fourth-order valence-electron chi connectivity index (χ4n) is 2.87. The molecule has 0 saturated heterocycles. The number of aryl methyl sites for hydroxylation is 2. The molecule has 2 amide bonds. The summed E-state index contributed by atoms with van der Waals surface area (Å²) < 4.78 is 13.8. The summed E-state index contributed by atoms with van der Waals surface area (Å²) in [5, 5.41) is 5.24. The van der Waals surface area contributed by atoms with E-state index in [0.29, 0.717) is 5.69 Å². The van der Waals surface area contributed by atoms with Crippen LogP contribution in [0.1, 0.15) is 24.2 Å². The molecule has 2 aromatic carbocycles. The maximum atomic E-state index is 13.8. The summed E-state index contributed by atoms with van der Waals surface area (Å²) in [6, 6.07) is 13.4. The van der Waals surface area contributed by atoms with Gasteiger partial charge in [-0.15, -0.1) is 0 Å². The highest BCUT2D eigenvalue weighted by Crippen LogP contribution is 2.25. The summed E-state index contributed by atoms with van der Waals surface area (Å²) in [5.41, 5.74) is 5.45. The molecule has 150 valence electrons. The van der Waals surface area contributed by atoms with Crippen molar-refractivity contribution in [3.63, 3.8) is 0 Å². The Kier molecular flexibility index (Phi) is 7.20. The van der Waals surface area contributed by atoms with Crippen molar-refractivity contribution >= 4 is 23.6 Å². The first-order chi connectivity index (χ1) is 13.5. The molecule has 0 unspecified atom stereocenters. The number of urea groups is 1. The number of amides is 2. The second-order valence-electron chi connectivity index (χ2n) is 6.38. The minimum atomic E-state index is -0.504. The molecule has 5 nitrogen and oxygen atoms in total. The Morgan fingerprint density at radius 3 is 2.48 bits per heavy atom. The van der Waals surface area contributed by atoms with Gasteiger partial charge in [-0.25, -0.2) is 9.18 Å². The fraction of sp³-hybridized carbons (Fsp3) is 0.174. The van der Waals surface area contributed by atoms with Gasteiger partial charge >= 0.3 is 6.03 Å². The number of carbonyl (C=O) groups excluding carboxylic acids is 1. The molecule has 2 N–H and O–H groups in total. The number of benzene rings is 2. The van der Waals surface area contributed by atoms with Crippen molar-refractivity contribution in [1.82, 2.24) is 4.98 Å². The van der Waals surface area contributed by atoms with Crippen molar-refractivity contribution in [1.29, 1.82) is 0 Å². The van der Waals surface area contributed by atoms with Crippen molar-refractivity contribution < 1.29 is 9.18 Å². The van der Waals surface area contributed by atoms with Gasteiger partial charge in [0, 0.05) is 36.4 Å². The summed E-state index contributed by atoms with van der Waals surface area (Å²) in [6.07, 6.45) is 3.54. The van der Waals surface area contributed by atoms with Gasteiger partial charge in [-0.2, -0.15) is 0 Å². The molecule has 0 aliphatic heterocycles. The zero-order chi connectivity index (χ0) is 20.1. The van der Waals surface area contributed by atoms with Crippen LogP contribution in [0, 0.1) is 19.7 Å². The lowest BCUT2D eigenvalue weighted by Gasteiger charge is -2.11. The van der Waals surface area contributed by atoms with Crippen LogP contribution < -0.4 is 10.6 Å². The van der Waals surface area contributed by atoms with Crippen molar-refractivity contribution in [3.8, 4) is 11.1 Å². The van der Waals surface area contributed by atoms with Crippen molar-refractivity contribution in [2.24, 2.45) is 4.99 Å². The largest absolute Gasteiger partial charge is 0.323 e. The summed E-state index contributed by atoms with van der Waals surface area (Å²) in [6.45, 7) is 3.77. The molecular formula is C23H25FN4O. The highest BCUT2D eigenvalue weighted by molar-refractivity contribution is 6.00. The second kappa shape index (κ2) is 9.59. The molecule has 0 saturated carbocycles. The summed E-state index contributed by atoms with van der Waals surface area (Å²) in [4.78, 5) is 20.6. The fourth-order valence-corrected chi connectivity index (χ4v) is 2.87. The first-order valence-corrected chi connectivity index (χ1v) is 8.80. The van der Waals surface area contributed by atoms with Crippen LogP contribution in [0.2, 0.25) is 0 Å². The van der Waals surface area contributed by atoms with Crippen LogP contribution in [0.5, 0.6) is 0 Å². The van der Waals surface area contributed by atoms with Crippen LogP contribution in [0.25, 0.3) is 11.1 Å². The van der Waals surface area contributed by atoms with E-state index in [0.717, 1.165) is 27.9 Å². The molecule has 0 aliphatic carbocycles. The standard InChI is InChI=1S/C22H21FN4O.CH4/c1-14-4-9-20(23)21(12-14)27-22(28)26-17-7-5-16(6-8-17)18-10-11-25-15(2)19(18)13-24-3;/h4-13H,1-3H3,(H2,26,27,28);1H4. The third-order valence-electron chi connectivity index (χ3n) is 4.27. The van der Waals surface area contributed by atoms with Gasteiger partial charge in [-0.05, 0) is 60.9 Å². The molecule has 0 bridgehead atoms. The first kappa shape index (κ1) is 21.8. The smallest absolute Gasteiger partial charge is 0.308 e. The Balaban J connectivity index is 0.00000300. The summed E-state index contributed by atoms with van der Waals surface area (Å²) in [7, 11) is 1.72. The van der Waals surface area contributed by atoms with Crippen LogP contribution in [0.3, 0.4) is 0 Å². The quantitative estimate of drug-likeness (QED) is 0.548. The molecule has 0 fully saturated rings. The van der Waals surface area contributed by atoms with Gasteiger partial charge in [0.1, 0.15) is 5.82 Å². The highest BCUT2D eigenvalue weighted by Gasteiger charge is 2.09. The maximum Gasteiger partial charge on any atom is 0.323 e. The molecule has 3 aromatic rings. The third kappa shape index (κ3) is 5.25. The van der Waals surface area contributed by atoms with Gasteiger partial charge in [0.2, 0.25) is 0 Å². The number of hydrogen-bond acceptors (Lipinski definition) is 3. The Morgan fingerprint density at radius 2 is 1.79 bits per heavy atom. The molecule has 29 heavy (non-hydrogen) atoms. The van der Waals surface area contributed by atoms with E-state index in [4.69, 9.17) is 0 Å². The number of nitrogens with zero attached hydrogens (tertiary/aromatic N) is 2. The van der Waals surface area contributed by atoms with E-state index in [1.807, 2.05) is 32.0 Å². The van der Waals surface area contributed by atoms with Crippen LogP contribution in [-0.2, 0) is 0 Å². The zero-order valence-corrected chi connectivity index (χ0v) is 16.0. The Hall–Kier alpha value is -3.54. The van der Waals surface area contributed by atoms with E-state index in [-0.39, 0.29) is 13.1 Å². The molecule has 6 heteroatoms. The van der Waals surface area contributed by atoms with E-state index in [1.165, 1.54) is 6.07 Å². The van der Waals surface area contributed by atoms with Gasteiger partial charge in [-0.3, -0.25) is 9.98 Å². The lowest BCUT2D eigenvalue weighted by atomic mass is 10.00. The molecule has 0 atom stereocenters. The van der Waals surface area contributed by atoms with Crippen LogP contribution >= 0.6 is 0 Å². The van der Waals surface area contributed by atoms with E-state index >= 15 is 0 Å². The third-order valence-corrected chi connectivity index (χ3v) is 4.27. The molecule has 0 radical (unpaired) electrons. The highest BCUT2D eigenvalue weighted by atomic mass is 19.1. The number of halogens is 1. The van der Waals surface area contributed by atoms with Gasteiger partial charge in [0.25, 0.3) is 0 Å². The molecular weight excluding hydrogens is 367 g/mol. The number of nitrogens with one attached hydrogen (secondary N) is 2. The Morgan fingerprint density at radius 1 is 1.07 bits per heavy atom. The number of carbonyl (C=O) groups is 1. The van der Waals surface area contributed by atoms with Crippen LogP contribution in [0.15, 0.2) is 59.7 Å². The average molecular weight is 392 g/mol. The molecule has 3 rings (SSSR count). The molecule has 1 aromatic heterocycles. The second-order valence-corrected chi connectivity index (χ2v) is 6.38. The molecule has 0 spiro atoms. The number of hydrogen-bond donors (Lipinski definition) is 2. The topological polar surface area (TPSA) is 66.4 Å². The van der Waals surface area contributed by atoms with E-state index in [2.05, 4.69) is 20.6 Å². The maximum absolute atomic E-state index is 13.8. The SMILES string of the molecule is C.CN=Cc1c(-c2ccc(NC(=O)Nc3cc(C)ccc3F)cc2)ccnc1C. The minimum absolute atomic E-state index is 0. The molecule has 1 heterocycles.